The molecule has 4 amide bonds. The molecule has 10 atom stereocenters. The number of benzene rings is 1. The number of carbonyl (C=O) groups is 5. The highest BCUT2D eigenvalue weighted by atomic mass is 19.1. The summed E-state index contributed by atoms with van der Waals surface area (Å²) in [7, 11) is 6.19. The van der Waals surface area contributed by atoms with Crippen molar-refractivity contribution in [2.45, 2.75) is 123 Å². The zero-order valence-corrected chi connectivity index (χ0v) is 33.4. The maximum absolute atomic E-state index is 15.1. The van der Waals surface area contributed by atoms with E-state index in [2.05, 4.69) is 16.0 Å². The molecule has 1 aromatic rings. The summed E-state index contributed by atoms with van der Waals surface area (Å²) in [6.07, 6.45) is -2.63. The lowest BCUT2D eigenvalue weighted by atomic mass is 9.89. The Kier molecular flexibility index (Phi) is 18.3. The highest BCUT2D eigenvalue weighted by Crippen LogP contribution is 2.31. The number of carbonyl (C=O) groups excluding carboxylic acids is 4. The number of amides is 4. The summed E-state index contributed by atoms with van der Waals surface area (Å²) in [4.78, 5) is 69.8. The van der Waals surface area contributed by atoms with E-state index in [1.165, 1.54) is 19.1 Å². The van der Waals surface area contributed by atoms with Crippen molar-refractivity contribution < 1.29 is 42.9 Å². The molecular formula is C39H64FN5O8. The van der Waals surface area contributed by atoms with Gasteiger partial charge < -0.3 is 40.3 Å². The maximum atomic E-state index is 15.1. The van der Waals surface area contributed by atoms with Crippen molar-refractivity contribution in [2.24, 2.45) is 23.7 Å². The number of likely N-dealkylation sites (N-methyl/N-ethyl adjacent to an activating group) is 2. The highest BCUT2D eigenvalue weighted by molar-refractivity contribution is 5.90. The van der Waals surface area contributed by atoms with Crippen LogP contribution in [0.4, 0.5) is 4.39 Å². The maximum Gasteiger partial charge on any atom is 0.326 e. The zero-order chi connectivity index (χ0) is 40.2. The fourth-order valence-electron chi connectivity index (χ4n) is 7.37. The summed E-state index contributed by atoms with van der Waals surface area (Å²) in [5.74, 6) is -4.12. The summed E-state index contributed by atoms with van der Waals surface area (Å²) in [5.41, 5.74) is 0.734. The van der Waals surface area contributed by atoms with Crippen LogP contribution in [0.3, 0.4) is 0 Å². The Morgan fingerprint density at radius 2 is 1.55 bits per heavy atom. The Bertz CT molecular complexity index is 1350. The number of alkyl halides is 1. The van der Waals surface area contributed by atoms with E-state index < -0.39 is 72.3 Å². The van der Waals surface area contributed by atoms with Gasteiger partial charge in [0.2, 0.25) is 23.6 Å². The van der Waals surface area contributed by atoms with Crippen LogP contribution >= 0.6 is 0 Å². The van der Waals surface area contributed by atoms with Crippen molar-refractivity contribution in [2.75, 3.05) is 34.9 Å². The Morgan fingerprint density at radius 3 is 2.04 bits per heavy atom. The number of ether oxygens (including phenoxy) is 2. The lowest BCUT2D eigenvalue weighted by Crippen LogP contribution is -2.59. The number of likely N-dealkylation sites (tertiary alicyclic amines) is 1. The Morgan fingerprint density at radius 1 is 0.943 bits per heavy atom. The predicted octanol–water partition coefficient (Wildman–Crippen LogP) is 3.05. The molecule has 4 N–H and O–H groups in total. The van der Waals surface area contributed by atoms with Crippen molar-refractivity contribution in [3.63, 3.8) is 0 Å². The number of aliphatic carboxylic acids is 1. The predicted molar refractivity (Wildman–Crippen MR) is 201 cm³/mol. The lowest BCUT2D eigenvalue weighted by Gasteiger charge is -2.41. The average molecular weight is 750 g/mol. The van der Waals surface area contributed by atoms with Crippen LogP contribution in [-0.4, -0.2) is 128 Å². The molecule has 14 heteroatoms. The fraction of sp³-hybridized carbons (Fsp3) is 0.718. The number of carboxylic acids is 1. The van der Waals surface area contributed by atoms with Crippen LogP contribution in [-0.2, 0) is 39.9 Å². The van der Waals surface area contributed by atoms with Gasteiger partial charge in [-0.3, -0.25) is 19.2 Å². The first-order valence-electron chi connectivity index (χ1n) is 18.7. The minimum atomic E-state index is -1.37. The Balaban J connectivity index is 2.31. The molecule has 0 aromatic heterocycles. The topological polar surface area (TPSA) is 167 Å². The molecule has 1 unspecified atom stereocenters. The first-order chi connectivity index (χ1) is 24.9. The van der Waals surface area contributed by atoms with Crippen LogP contribution in [0, 0.1) is 23.7 Å². The molecule has 1 aromatic carbocycles. The smallest absolute Gasteiger partial charge is 0.326 e. The molecule has 1 aliphatic heterocycles. The van der Waals surface area contributed by atoms with E-state index in [1.54, 1.807) is 50.2 Å². The summed E-state index contributed by atoms with van der Waals surface area (Å²) in [5, 5.41) is 18.4. The van der Waals surface area contributed by atoms with E-state index in [-0.39, 0.29) is 55.4 Å². The number of nitrogens with zero attached hydrogens (tertiary/aromatic N) is 2. The van der Waals surface area contributed by atoms with Crippen LogP contribution in [0.1, 0.15) is 73.3 Å². The second-order valence-corrected chi connectivity index (χ2v) is 15.1. The van der Waals surface area contributed by atoms with Gasteiger partial charge in [-0.15, -0.1) is 0 Å². The number of hydrogen-bond donors (Lipinski definition) is 4. The second kappa shape index (κ2) is 21.3. The summed E-state index contributed by atoms with van der Waals surface area (Å²) in [6, 6.07) is 4.99. The van der Waals surface area contributed by atoms with Crippen LogP contribution in [0.5, 0.6) is 0 Å². The van der Waals surface area contributed by atoms with Gasteiger partial charge in [-0.2, -0.15) is 0 Å². The van der Waals surface area contributed by atoms with Gasteiger partial charge in [0.1, 0.15) is 18.3 Å². The van der Waals surface area contributed by atoms with Crippen molar-refractivity contribution >= 4 is 29.6 Å². The number of hydrogen-bond acceptors (Lipinski definition) is 8. The van der Waals surface area contributed by atoms with E-state index in [1.807, 2.05) is 47.6 Å². The van der Waals surface area contributed by atoms with Gasteiger partial charge in [0, 0.05) is 34.1 Å². The lowest BCUT2D eigenvalue weighted by molar-refractivity contribution is -0.148. The molecule has 1 fully saturated rings. The molecule has 300 valence electrons. The van der Waals surface area contributed by atoms with E-state index >= 15 is 4.39 Å². The molecule has 1 saturated heterocycles. The van der Waals surface area contributed by atoms with E-state index in [4.69, 9.17) is 9.47 Å². The van der Waals surface area contributed by atoms with Gasteiger partial charge in [-0.1, -0.05) is 85.2 Å². The van der Waals surface area contributed by atoms with E-state index in [0.717, 1.165) is 5.56 Å². The fourth-order valence-corrected chi connectivity index (χ4v) is 7.37. The van der Waals surface area contributed by atoms with Crippen LogP contribution < -0.4 is 16.0 Å². The molecule has 0 bridgehead atoms. The first kappa shape index (κ1) is 45.5. The molecular weight excluding hydrogens is 685 g/mol. The van der Waals surface area contributed by atoms with Crippen molar-refractivity contribution in [1.82, 2.24) is 25.8 Å². The van der Waals surface area contributed by atoms with Crippen molar-refractivity contribution in [3.05, 3.63) is 35.9 Å². The molecule has 2 rings (SSSR count). The average Bonchev–Trinajstić information content (AvgIpc) is 3.50. The molecule has 13 nitrogen and oxygen atoms in total. The molecule has 0 saturated carbocycles. The largest absolute Gasteiger partial charge is 0.480 e. The Labute approximate surface area is 315 Å². The molecule has 0 radical (unpaired) electrons. The summed E-state index contributed by atoms with van der Waals surface area (Å²) < 4.78 is 26.8. The van der Waals surface area contributed by atoms with Gasteiger partial charge in [0.25, 0.3) is 0 Å². The van der Waals surface area contributed by atoms with Gasteiger partial charge >= 0.3 is 5.97 Å². The number of carboxylic acid groups (broad SMARTS) is 1. The summed E-state index contributed by atoms with van der Waals surface area (Å²) >= 11 is 0. The highest BCUT2D eigenvalue weighted by Gasteiger charge is 2.46. The quantitative estimate of drug-likeness (QED) is 0.148. The van der Waals surface area contributed by atoms with Crippen LogP contribution in [0.15, 0.2) is 30.3 Å². The number of halogens is 1. The molecule has 53 heavy (non-hydrogen) atoms. The van der Waals surface area contributed by atoms with Gasteiger partial charge in [0.05, 0.1) is 49.2 Å². The minimum absolute atomic E-state index is 0.00732. The SMILES string of the molecule is CC[C@H](C)C([C@@H](CC(=O)N1C[C@@H](F)C[C@H]1[C@H](OC)[C@@H](C)C(=O)N[C@@H](Cc1ccccc1)C(=O)O)OC)N(C)C(=O)[C@@H](NC(=O)[C@@H](NC)C(C)C)C(C)C. The zero-order valence-electron chi connectivity index (χ0n) is 33.4. The van der Waals surface area contributed by atoms with Gasteiger partial charge in [-0.05, 0) is 30.4 Å². The number of rotatable bonds is 21. The third kappa shape index (κ3) is 12.2. The molecule has 0 aliphatic carbocycles. The third-order valence-electron chi connectivity index (χ3n) is 10.6. The molecule has 1 heterocycles. The van der Waals surface area contributed by atoms with Crippen LogP contribution in [0.25, 0.3) is 0 Å². The number of nitrogens with one attached hydrogen (secondary N) is 3. The minimum Gasteiger partial charge on any atom is -0.480 e. The van der Waals surface area contributed by atoms with Gasteiger partial charge in [-0.25, -0.2) is 9.18 Å². The monoisotopic (exact) mass is 749 g/mol. The number of methoxy groups -OCH3 is 2. The van der Waals surface area contributed by atoms with E-state index in [0.29, 0.717) is 6.42 Å². The standard InChI is InChI=1S/C39H64FN5O8/c1-12-24(6)34(44(9)38(49)33(23(4)5)43-37(48)32(41-8)22(2)3)30(52-10)20-31(46)45-21-27(40)19-29(45)35(53-11)25(7)36(47)42-28(39(50)51)18-26-16-14-13-15-17-26/h13-17,22-25,27-30,32-35,41H,12,18-21H2,1-11H3,(H,42,47)(H,43,48)(H,50,51)/t24-,25+,27-,28-,29-,30+,32-,33-,34?,35+/m0/s1. The molecule has 0 spiro atoms. The Hall–Kier alpha value is -3.62. The normalized spacial score (nSPS) is 20.5. The van der Waals surface area contributed by atoms with Crippen LogP contribution in [0.2, 0.25) is 0 Å². The molecule has 1 aliphatic rings. The van der Waals surface area contributed by atoms with E-state index in [9.17, 15) is 29.1 Å². The van der Waals surface area contributed by atoms with Crippen molar-refractivity contribution in [1.29, 1.82) is 0 Å². The third-order valence-corrected chi connectivity index (χ3v) is 10.6. The first-order valence-corrected chi connectivity index (χ1v) is 18.7. The van der Waals surface area contributed by atoms with Gasteiger partial charge in [0.15, 0.2) is 0 Å². The van der Waals surface area contributed by atoms with Crippen molar-refractivity contribution in [3.8, 4) is 0 Å². The summed E-state index contributed by atoms with van der Waals surface area (Å²) in [6.45, 7) is 12.8. The second-order valence-electron chi connectivity index (χ2n) is 15.1.